The van der Waals surface area contributed by atoms with E-state index in [-0.39, 0.29) is 11.4 Å². The zero-order chi connectivity index (χ0) is 17.7. The summed E-state index contributed by atoms with van der Waals surface area (Å²) in [6.45, 7) is 7.09. The molecule has 1 saturated heterocycles. The minimum atomic E-state index is -0.164. The quantitative estimate of drug-likeness (QED) is 0.851. The molecule has 1 heterocycles. The average Bonchev–Trinajstić information content (AvgIpc) is 2.59. The van der Waals surface area contributed by atoms with Gasteiger partial charge in [0.05, 0.1) is 19.2 Å². The van der Waals surface area contributed by atoms with E-state index in [2.05, 4.69) is 24.1 Å². The van der Waals surface area contributed by atoms with Crippen LogP contribution in [0.15, 0.2) is 12.1 Å². The summed E-state index contributed by atoms with van der Waals surface area (Å²) < 4.78 is 10.5. The number of nitrogens with zero attached hydrogens (tertiary/aromatic N) is 1. The second-order valence-corrected chi connectivity index (χ2v) is 7.14. The summed E-state index contributed by atoms with van der Waals surface area (Å²) in [6, 6.07) is 3.25. The zero-order valence-electron chi connectivity index (χ0n) is 14.9. The predicted molar refractivity (Wildman–Crippen MR) is 96.4 cm³/mol. The third kappa shape index (κ3) is 4.33. The maximum atomic E-state index is 12.5. The van der Waals surface area contributed by atoms with Gasteiger partial charge in [0.1, 0.15) is 0 Å². The first-order chi connectivity index (χ1) is 11.4. The monoisotopic (exact) mass is 354 g/mol. The first-order valence-corrected chi connectivity index (χ1v) is 8.71. The van der Waals surface area contributed by atoms with Gasteiger partial charge in [0.15, 0.2) is 11.5 Å². The lowest BCUT2D eigenvalue weighted by Gasteiger charge is -2.41. The molecule has 1 aromatic rings. The van der Waals surface area contributed by atoms with Crippen molar-refractivity contribution in [3.63, 3.8) is 0 Å². The van der Waals surface area contributed by atoms with E-state index < -0.39 is 0 Å². The van der Waals surface area contributed by atoms with Gasteiger partial charge in [-0.15, -0.1) is 0 Å². The van der Waals surface area contributed by atoms with Crippen molar-refractivity contribution in [3.05, 3.63) is 22.7 Å². The molecular formula is C18H27ClN2O3. The largest absolute Gasteiger partial charge is 0.493 e. The second kappa shape index (κ2) is 8.08. The fourth-order valence-electron chi connectivity index (χ4n) is 3.06. The molecule has 24 heavy (non-hydrogen) atoms. The molecule has 1 amide bonds. The number of nitrogens with one attached hydrogen (secondary N) is 1. The van der Waals surface area contributed by atoms with Gasteiger partial charge in [-0.2, -0.15) is 0 Å². The smallest absolute Gasteiger partial charge is 0.251 e. The Morgan fingerprint density at radius 3 is 2.46 bits per heavy atom. The Kier molecular flexibility index (Phi) is 6.35. The third-order valence-electron chi connectivity index (χ3n) is 4.59. The SMILES string of the molecule is COc1cc(C(=O)NCC(C)(C)N2CCCCC2)cc(Cl)c1OC. The van der Waals surface area contributed by atoms with Gasteiger partial charge in [-0.3, -0.25) is 9.69 Å². The maximum Gasteiger partial charge on any atom is 0.251 e. The summed E-state index contributed by atoms with van der Waals surface area (Å²) in [5.74, 6) is 0.720. The number of amides is 1. The number of hydrogen-bond donors (Lipinski definition) is 1. The molecule has 5 nitrogen and oxygen atoms in total. The number of benzene rings is 1. The van der Waals surface area contributed by atoms with Gasteiger partial charge in [-0.25, -0.2) is 0 Å². The number of ether oxygens (including phenoxy) is 2. The van der Waals surface area contributed by atoms with Crippen LogP contribution in [0.25, 0.3) is 0 Å². The van der Waals surface area contributed by atoms with Crippen LogP contribution in [-0.2, 0) is 0 Å². The molecule has 0 atom stereocenters. The number of halogens is 1. The summed E-state index contributed by atoms with van der Waals surface area (Å²) in [7, 11) is 3.04. The molecule has 1 fully saturated rings. The van der Waals surface area contributed by atoms with E-state index in [4.69, 9.17) is 21.1 Å². The van der Waals surface area contributed by atoms with Crippen molar-refractivity contribution in [2.24, 2.45) is 0 Å². The zero-order valence-corrected chi connectivity index (χ0v) is 15.7. The van der Waals surface area contributed by atoms with Crippen LogP contribution in [-0.4, -0.2) is 50.2 Å². The van der Waals surface area contributed by atoms with Gasteiger partial charge in [0.2, 0.25) is 0 Å². The maximum absolute atomic E-state index is 12.5. The van der Waals surface area contributed by atoms with E-state index in [1.54, 1.807) is 12.1 Å². The van der Waals surface area contributed by atoms with E-state index >= 15 is 0 Å². The van der Waals surface area contributed by atoms with Gasteiger partial charge < -0.3 is 14.8 Å². The van der Waals surface area contributed by atoms with Crippen molar-refractivity contribution < 1.29 is 14.3 Å². The van der Waals surface area contributed by atoms with Crippen molar-refractivity contribution in [3.8, 4) is 11.5 Å². The summed E-state index contributed by atoms with van der Waals surface area (Å²) in [5, 5.41) is 3.38. The molecule has 0 unspecified atom stereocenters. The van der Waals surface area contributed by atoms with Gasteiger partial charge in [-0.1, -0.05) is 18.0 Å². The van der Waals surface area contributed by atoms with Crippen LogP contribution >= 0.6 is 11.6 Å². The number of hydrogen-bond acceptors (Lipinski definition) is 4. The highest BCUT2D eigenvalue weighted by atomic mass is 35.5. The lowest BCUT2D eigenvalue weighted by molar-refractivity contribution is 0.0797. The van der Waals surface area contributed by atoms with E-state index in [0.29, 0.717) is 28.6 Å². The molecule has 0 bridgehead atoms. The highest BCUT2D eigenvalue weighted by Crippen LogP contribution is 2.36. The summed E-state index contributed by atoms with van der Waals surface area (Å²) in [4.78, 5) is 15.0. The van der Waals surface area contributed by atoms with Gasteiger partial charge in [0, 0.05) is 17.6 Å². The Morgan fingerprint density at radius 1 is 1.21 bits per heavy atom. The topological polar surface area (TPSA) is 50.8 Å². The fraction of sp³-hybridized carbons (Fsp3) is 0.611. The van der Waals surface area contributed by atoms with Gasteiger partial charge in [0.25, 0.3) is 5.91 Å². The van der Waals surface area contributed by atoms with Crippen molar-refractivity contribution in [1.29, 1.82) is 0 Å². The van der Waals surface area contributed by atoms with Crippen LogP contribution in [0.4, 0.5) is 0 Å². The summed E-state index contributed by atoms with van der Waals surface area (Å²) in [5.41, 5.74) is 0.392. The number of carbonyl (C=O) groups excluding carboxylic acids is 1. The molecule has 0 aliphatic carbocycles. The van der Waals surface area contributed by atoms with Gasteiger partial charge >= 0.3 is 0 Å². The highest BCUT2D eigenvalue weighted by Gasteiger charge is 2.28. The Bertz CT molecular complexity index is 584. The molecule has 2 rings (SSSR count). The normalized spacial score (nSPS) is 15.9. The molecule has 1 aliphatic heterocycles. The third-order valence-corrected chi connectivity index (χ3v) is 4.87. The lowest BCUT2D eigenvalue weighted by Crippen LogP contribution is -2.53. The Morgan fingerprint density at radius 2 is 1.88 bits per heavy atom. The summed E-state index contributed by atoms with van der Waals surface area (Å²) in [6.07, 6.45) is 3.74. The van der Waals surface area contributed by atoms with Crippen LogP contribution in [0.5, 0.6) is 11.5 Å². The van der Waals surface area contributed by atoms with Crippen molar-refractivity contribution in [2.45, 2.75) is 38.6 Å². The number of methoxy groups -OCH3 is 2. The number of piperidine rings is 1. The minimum Gasteiger partial charge on any atom is -0.493 e. The van der Waals surface area contributed by atoms with E-state index in [1.165, 1.54) is 33.5 Å². The molecule has 0 radical (unpaired) electrons. The first kappa shape index (κ1) is 18.9. The molecule has 0 saturated carbocycles. The Labute approximate surface area is 149 Å². The van der Waals surface area contributed by atoms with Crippen LogP contribution in [0.3, 0.4) is 0 Å². The fourth-order valence-corrected chi connectivity index (χ4v) is 3.35. The number of rotatable bonds is 6. The van der Waals surface area contributed by atoms with Gasteiger partial charge in [-0.05, 0) is 51.9 Å². The Hall–Kier alpha value is -1.46. The molecule has 0 spiro atoms. The molecule has 1 aliphatic rings. The lowest BCUT2D eigenvalue weighted by atomic mass is 9.98. The number of likely N-dealkylation sites (tertiary alicyclic amines) is 1. The van der Waals surface area contributed by atoms with Crippen LogP contribution < -0.4 is 14.8 Å². The Balaban J connectivity index is 2.05. The average molecular weight is 355 g/mol. The van der Waals surface area contributed by atoms with Crippen LogP contribution in [0.1, 0.15) is 43.5 Å². The molecule has 1 aromatic carbocycles. The molecule has 6 heteroatoms. The highest BCUT2D eigenvalue weighted by molar-refractivity contribution is 6.32. The first-order valence-electron chi connectivity index (χ1n) is 8.34. The predicted octanol–water partition coefficient (Wildman–Crippen LogP) is 3.35. The molecule has 0 aromatic heterocycles. The molecular weight excluding hydrogens is 328 g/mol. The number of carbonyl (C=O) groups is 1. The van der Waals surface area contributed by atoms with Crippen molar-refractivity contribution in [2.75, 3.05) is 33.9 Å². The van der Waals surface area contributed by atoms with Crippen LogP contribution in [0, 0.1) is 0 Å². The van der Waals surface area contributed by atoms with Crippen molar-refractivity contribution >= 4 is 17.5 Å². The molecule has 1 N–H and O–H groups in total. The van der Waals surface area contributed by atoms with E-state index in [0.717, 1.165) is 13.1 Å². The van der Waals surface area contributed by atoms with Crippen molar-refractivity contribution in [1.82, 2.24) is 10.2 Å². The molecule has 134 valence electrons. The van der Waals surface area contributed by atoms with E-state index in [9.17, 15) is 4.79 Å². The minimum absolute atomic E-state index is 0.0730. The summed E-state index contributed by atoms with van der Waals surface area (Å²) >= 11 is 6.18. The standard InChI is InChI=1S/C18H27ClN2O3/c1-18(2,21-8-6-5-7-9-21)12-20-17(22)13-10-14(19)16(24-4)15(11-13)23-3/h10-11H,5-9,12H2,1-4H3,(H,20,22). The second-order valence-electron chi connectivity index (χ2n) is 6.74. The van der Waals surface area contributed by atoms with Crippen LogP contribution in [0.2, 0.25) is 5.02 Å². The van der Waals surface area contributed by atoms with E-state index in [1.807, 2.05) is 0 Å².